The number of likely N-dealkylation sites (tertiary alicyclic amines) is 1. The van der Waals surface area contributed by atoms with Crippen LogP contribution >= 0.6 is 0 Å². The number of fused-ring (bicyclic) bond motifs is 1. The molecule has 1 aliphatic heterocycles. The standard InChI is InChI=1S/C30H27F4N5O2/c1-2-28(40)38-26-15-23-25(16-27(26)41-12-4-10-39-11-9-30(33,34)17-39)35-18-36-29(23)37-21-6-3-5-19(13-21)22-8-7-20(31)14-24(22)32/h2-3,5-8,13-16,18H,1,4,9-12,17H2,(H,38,40)(H,35,36,37). The van der Waals surface area contributed by atoms with Gasteiger partial charge in [-0.3, -0.25) is 9.69 Å². The highest BCUT2D eigenvalue weighted by Crippen LogP contribution is 2.34. The van der Waals surface area contributed by atoms with Crippen LogP contribution < -0.4 is 15.4 Å². The van der Waals surface area contributed by atoms with Crippen LogP contribution in [-0.4, -0.2) is 52.9 Å². The maximum atomic E-state index is 14.4. The SMILES string of the molecule is C=CC(=O)Nc1cc2c(Nc3cccc(-c4ccc(F)cc4F)c3)ncnc2cc1OCCCN1CCC(F)(F)C1. The van der Waals surface area contributed by atoms with Crippen molar-refractivity contribution < 1.29 is 27.1 Å². The molecule has 0 aliphatic carbocycles. The maximum Gasteiger partial charge on any atom is 0.261 e. The third kappa shape index (κ3) is 6.80. The van der Waals surface area contributed by atoms with Gasteiger partial charge in [-0.2, -0.15) is 0 Å². The van der Waals surface area contributed by atoms with E-state index in [2.05, 4.69) is 27.2 Å². The summed E-state index contributed by atoms with van der Waals surface area (Å²) in [5.41, 5.74) is 2.26. The Balaban J connectivity index is 1.38. The quantitative estimate of drug-likeness (QED) is 0.129. The molecule has 212 valence electrons. The molecule has 2 heterocycles. The highest BCUT2D eigenvalue weighted by molar-refractivity contribution is 6.03. The van der Waals surface area contributed by atoms with E-state index in [1.807, 2.05) is 0 Å². The number of aromatic nitrogens is 2. The Labute approximate surface area is 233 Å². The number of rotatable bonds is 10. The van der Waals surface area contributed by atoms with Gasteiger partial charge in [-0.1, -0.05) is 18.7 Å². The van der Waals surface area contributed by atoms with Gasteiger partial charge in [-0.05, 0) is 48.4 Å². The number of benzene rings is 3. The van der Waals surface area contributed by atoms with Gasteiger partial charge in [0.05, 0.1) is 24.4 Å². The van der Waals surface area contributed by atoms with Crippen molar-refractivity contribution in [3.8, 4) is 16.9 Å². The predicted molar refractivity (Wildman–Crippen MR) is 150 cm³/mol. The van der Waals surface area contributed by atoms with Crippen LogP contribution in [0.25, 0.3) is 22.0 Å². The average molecular weight is 566 g/mol. The van der Waals surface area contributed by atoms with E-state index in [0.717, 1.165) is 12.1 Å². The number of nitrogens with one attached hydrogen (secondary N) is 2. The Morgan fingerprint density at radius 2 is 1.98 bits per heavy atom. The number of carbonyl (C=O) groups excluding carboxylic acids is 1. The van der Waals surface area contributed by atoms with Crippen molar-refractivity contribution in [2.75, 3.05) is 36.9 Å². The molecule has 1 amide bonds. The van der Waals surface area contributed by atoms with Crippen LogP contribution in [0.4, 0.5) is 34.8 Å². The molecule has 11 heteroatoms. The third-order valence-electron chi connectivity index (χ3n) is 6.67. The van der Waals surface area contributed by atoms with E-state index in [-0.39, 0.29) is 25.1 Å². The average Bonchev–Trinajstić information content (AvgIpc) is 3.29. The topological polar surface area (TPSA) is 79.4 Å². The minimum Gasteiger partial charge on any atom is -0.491 e. The fraction of sp³-hybridized carbons (Fsp3) is 0.233. The van der Waals surface area contributed by atoms with E-state index in [4.69, 9.17) is 4.74 Å². The number of halogens is 4. The monoisotopic (exact) mass is 565 g/mol. The highest BCUT2D eigenvalue weighted by Gasteiger charge is 2.37. The molecule has 3 aromatic carbocycles. The van der Waals surface area contributed by atoms with E-state index in [0.29, 0.717) is 58.9 Å². The Morgan fingerprint density at radius 1 is 1.12 bits per heavy atom. The normalized spacial score (nSPS) is 14.6. The summed E-state index contributed by atoms with van der Waals surface area (Å²) in [5, 5.41) is 6.50. The summed E-state index contributed by atoms with van der Waals surface area (Å²) in [5.74, 6) is -3.66. The zero-order valence-corrected chi connectivity index (χ0v) is 22.0. The number of carbonyl (C=O) groups is 1. The molecule has 0 saturated carbocycles. The molecule has 7 nitrogen and oxygen atoms in total. The molecule has 1 aliphatic rings. The van der Waals surface area contributed by atoms with E-state index in [1.165, 1.54) is 18.5 Å². The minimum absolute atomic E-state index is 0.139. The minimum atomic E-state index is -2.65. The number of ether oxygens (including phenoxy) is 1. The van der Waals surface area contributed by atoms with Crippen molar-refractivity contribution >= 4 is 34.0 Å². The maximum absolute atomic E-state index is 14.4. The fourth-order valence-electron chi connectivity index (χ4n) is 4.68. The summed E-state index contributed by atoms with van der Waals surface area (Å²) in [7, 11) is 0. The van der Waals surface area contributed by atoms with Gasteiger partial charge in [0.2, 0.25) is 5.91 Å². The first-order chi connectivity index (χ1) is 19.7. The molecule has 5 rings (SSSR count). The fourth-order valence-corrected chi connectivity index (χ4v) is 4.68. The lowest BCUT2D eigenvalue weighted by Gasteiger charge is -2.17. The summed E-state index contributed by atoms with van der Waals surface area (Å²) in [6, 6.07) is 13.6. The van der Waals surface area contributed by atoms with Crippen molar-refractivity contribution in [2.24, 2.45) is 0 Å². The molecule has 41 heavy (non-hydrogen) atoms. The molecule has 1 aromatic heterocycles. The third-order valence-corrected chi connectivity index (χ3v) is 6.67. The van der Waals surface area contributed by atoms with Crippen molar-refractivity contribution in [2.45, 2.75) is 18.8 Å². The number of hydrogen-bond donors (Lipinski definition) is 2. The molecule has 0 unspecified atom stereocenters. The Hall–Kier alpha value is -4.51. The van der Waals surface area contributed by atoms with Gasteiger partial charge in [0.1, 0.15) is 29.5 Å². The van der Waals surface area contributed by atoms with Gasteiger partial charge in [-0.25, -0.2) is 27.5 Å². The number of alkyl halides is 2. The molecule has 4 aromatic rings. The first-order valence-electron chi connectivity index (χ1n) is 13.0. The summed E-state index contributed by atoms with van der Waals surface area (Å²) in [6.07, 6.45) is 2.88. The van der Waals surface area contributed by atoms with E-state index < -0.39 is 23.5 Å². The molecule has 1 saturated heterocycles. The predicted octanol–water partition coefficient (Wildman–Crippen LogP) is 6.55. The van der Waals surface area contributed by atoms with E-state index in [1.54, 1.807) is 41.3 Å². The number of amides is 1. The van der Waals surface area contributed by atoms with Crippen LogP contribution in [0.2, 0.25) is 0 Å². The summed E-state index contributed by atoms with van der Waals surface area (Å²) in [6.45, 7) is 4.30. The first kappa shape index (κ1) is 28.0. The van der Waals surface area contributed by atoms with Gasteiger partial charge in [0.15, 0.2) is 0 Å². The lowest BCUT2D eigenvalue weighted by molar-refractivity contribution is -0.111. The zero-order chi connectivity index (χ0) is 29.0. The van der Waals surface area contributed by atoms with Crippen LogP contribution in [0.1, 0.15) is 12.8 Å². The van der Waals surface area contributed by atoms with E-state index in [9.17, 15) is 22.4 Å². The van der Waals surface area contributed by atoms with Crippen molar-refractivity contribution in [3.63, 3.8) is 0 Å². The Bertz CT molecular complexity index is 1600. The molecule has 2 N–H and O–H groups in total. The van der Waals surface area contributed by atoms with Crippen LogP contribution in [0.3, 0.4) is 0 Å². The van der Waals surface area contributed by atoms with Crippen molar-refractivity contribution in [1.82, 2.24) is 14.9 Å². The lowest BCUT2D eigenvalue weighted by atomic mass is 10.0. The molecule has 0 bridgehead atoms. The molecule has 0 atom stereocenters. The van der Waals surface area contributed by atoms with Gasteiger partial charge in [-0.15, -0.1) is 0 Å². The van der Waals surface area contributed by atoms with Crippen LogP contribution in [0.15, 0.2) is 73.6 Å². The van der Waals surface area contributed by atoms with E-state index >= 15 is 0 Å². The molecular weight excluding hydrogens is 538 g/mol. The second-order valence-corrected chi connectivity index (χ2v) is 9.70. The summed E-state index contributed by atoms with van der Waals surface area (Å²) < 4.78 is 60.6. The van der Waals surface area contributed by atoms with Gasteiger partial charge >= 0.3 is 0 Å². The molecule has 0 spiro atoms. The lowest BCUT2D eigenvalue weighted by Crippen LogP contribution is -2.27. The summed E-state index contributed by atoms with van der Waals surface area (Å²) in [4.78, 5) is 22.6. The second kappa shape index (κ2) is 11.9. The summed E-state index contributed by atoms with van der Waals surface area (Å²) >= 11 is 0. The highest BCUT2D eigenvalue weighted by atomic mass is 19.3. The van der Waals surface area contributed by atoms with Gasteiger partial charge in [0.25, 0.3) is 5.92 Å². The van der Waals surface area contributed by atoms with Gasteiger partial charge < -0.3 is 15.4 Å². The van der Waals surface area contributed by atoms with Crippen molar-refractivity contribution in [1.29, 1.82) is 0 Å². The molecule has 1 fully saturated rings. The smallest absolute Gasteiger partial charge is 0.261 e. The Kier molecular flexibility index (Phi) is 8.16. The van der Waals surface area contributed by atoms with Crippen LogP contribution in [0, 0.1) is 11.6 Å². The number of anilines is 3. The van der Waals surface area contributed by atoms with Crippen LogP contribution in [0.5, 0.6) is 5.75 Å². The molecule has 0 radical (unpaired) electrons. The molecular formula is C30H27F4N5O2. The number of nitrogens with zero attached hydrogens (tertiary/aromatic N) is 3. The number of hydrogen-bond acceptors (Lipinski definition) is 6. The Morgan fingerprint density at radius 3 is 2.73 bits per heavy atom. The van der Waals surface area contributed by atoms with Gasteiger partial charge in [0, 0.05) is 48.3 Å². The van der Waals surface area contributed by atoms with Crippen molar-refractivity contribution in [3.05, 3.63) is 85.2 Å². The zero-order valence-electron chi connectivity index (χ0n) is 22.0. The first-order valence-corrected chi connectivity index (χ1v) is 13.0. The largest absolute Gasteiger partial charge is 0.491 e. The second-order valence-electron chi connectivity index (χ2n) is 9.70. The van der Waals surface area contributed by atoms with Crippen LogP contribution in [-0.2, 0) is 4.79 Å².